The van der Waals surface area contributed by atoms with E-state index in [-0.39, 0.29) is 17.1 Å². The van der Waals surface area contributed by atoms with Gasteiger partial charge in [0, 0.05) is 32.2 Å². The molecule has 19 heavy (non-hydrogen) atoms. The first kappa shape index (κ1) is 13.3. The zero-order chi connectivity index (χ0) is 13.9. The minimum atomic E-state index is -3.74. The second-order valence-corrected chi connectivity index (χ2v) is 5.71. The molecule has 0 radical (unpaired) electrons. The van der Waals surface area contributed by atoms with Crippen LogP contribution in [0.1, 0.15) is 11.3 Å². The third-order valence-electron chi connectivity index (χ3n) is 2.53. The molecule has 0 saturated heterocycles. The Bertz CT molecular complexity index is 728. The van der Waals surface area contributed by atoms with Crippen LogP contribution in [0, 0.1) is 11.3 Å². The van der Waals surface area contributed by atoms with E-state index in [2.05, 4.69) is 9.71 Å². The highest BCUT2D eigenvalue weighted by atomic mass is 32.2. The molecule has 6 nitrogen and oxygen atoms in total. The number of sulfonamides is 1. The van der Waals surface area contributed by atoms with Crippen molar-refractivity contribution in [3.05, 3.63) is 48.0 Å². The van der Waals surface area contributed by atoms with Gasteiger partial charge in [-0.05, 0) is 23.8 Å². The summed E-state index contributed by atoms with van der Waals surface area (Å²) in [6.07, 6.45) is 5.03. The molecular weight excluding hydrogens is 264 g/mol. The number of hydrogen-bond donors (Lipinski definition) is 1. The topological polar surface area (TPSA) is 87.8 Å². The number of aromatic nitrogens is 2. The Morgan fingerprint density at radius 3 is 2.89 bits per heavy atom. The van der Waals surface area contributed by atoms with Crippen LogP contribution in [0.5, 0.6) is 0 Å². The number of rotatable bonds is 4. The molecule has 0 bridgehead atoms. The first-order valence-corrected chi connectivity index (χ1v) is 6.97. The first-order valence-electron chi connectivity index (χ1n) is 5.48. The number of nitriles is 1. The fourth-order valence-corrected chi connectivity index (χ4v) is 2.74. The van der Waals surface area contributed by atoms with Gasteiger partial charge >= 0.3 is 0 Å². The van der Waals surface area contributed by atoms with Crippen LogP contribution in [0.25, 0.3) is 0 Å². The van der Waals surface area contributed by atoms with Crippen molar-refractivity contribution >= 4 is 10.0 Å². The molecule has 0 amide bonds. The van der Waals surface area contributed by atoms with Gasteiger partial charge in [-0.1, -0.05) is 0 Å². The Kier molecular flexibility index (Phi) is 3.64. The molecule has 0 aliphatic carbocycles. The summed E-state index contributed by atoms with van der Waals surface area (Å²) in [5.74, 6) is 0. The second kappa shape index (κ2) is 5.22. The van der Waals surface area contributed by atoms with Crippen LogP contribution in [-0.4, -0.2) is 18.0 Å². The predicted molar refractivity (Wildman–Crippen MR) is 68.4 cm³/mol. The smallest absolute Gasteiger partial charge is 0.243 e. The largest absolute Gasteiger partial charge is 0.357 e. The SMILES string of the molecule is Cn1ccc(CNS(=O)(=O)c2cccnc2C#N)c1. The lowest BCUT2D eigenvalue weighted by atomic mass is 10.3. The minimum Gasteiger partial charge on any atom is -0.357 e. The summed E-state index contributed by atoms with van der Waals surface area (Å²) < 4.78 is 28.4. The molecule has 1 N–H and O–H groups in total. The Balaban J connectivity index is 2.21. The third-order valence-corrected chi connectivity index (χ3v) is 3.96. The Labute approximate surface area is 111 Å². The van der Waals surface area contributed by atoms with Crippen molar-refractivity contribution in [1.29, 1.82) is 5.26 Å². The molecule has 2 aromatic rings. The number of pyridine rings is 1. The summed E-state index contributed by atoms with van der Waals surface area (Å²) in [6.45, 7) is 0.170. The molecule has 2 heterocycles. The highest BCUT2D eigenvalue weighted by molar-refractivity contribution is 7.89. The molecule has 98 valence electrons. The van der Waals surface area contributed by atoms with Gasteiger partial charge in [0.05, 0.1) is 0 Å². The Morgan fingerprint density at radius 1 is 1.47 bits per heavy atom. The standard InChI is InChI=1S/C12H12N4O2S/c1-16-6-4-10(9-16)8-15-19(17,18)12-3-2-5-14-11(12)7-13/h2-6,9,15H,8H2,1H3. The van der Waals surface area contributed by atoms with E-state index in [4.69, 9.17) is 5.26 Å². The third kappa shape index (κ3) is 2.99. The van der Waals surface area contributed by atoms with E-state index in [0.29, 0.717) is 0 Å². The lowest BCUT2D eigenvalue weighted by Crippen LogP contribution is -2.24. The van der Waals surface area contributed by atoms with Gasteiger partial charge in [-0.15, -0.1) is 0 Å². The number of aryl methyl sites for hydroxylation is 1. The van der Waals surface area contributed by atoms with E-state index >= 15 is 0 Å². The highest BCUT2D eigenvalue weighted by Crippen LogP contribution is 2.12. The summed E-state index contributed by atoms with van der Waals surface area (Å²) in [5.41, 5.74) is 0.733. The number of nitrogens with zero attached hydrogens (tertiary/aromatic N) is 3. The lowest BCUT2D eigenvalue weighted by Gasteiger charge is -2.06. The van der Waals surface area contributed by atoms with Gasteiger partial charge in [-0.2, -0.15) is 5.26 Å². The molecule has 0 aliphatic rings. The zero-order valence-corrected chi connectivity index (χ0v) is 11.1. The summed E-state index contributed by atoms with van der Waals surface area (Å²) in [5, 5.41) is 8.86. The van der Waals surface area contributed by atoms with Gasteiger partial charge in [0.25, 0.3) is 0 Å². The molecule has 0 atom stereocenters. The second-order valence-electron chi connectivity index (χ2n) is 3.97. The molecule has 0 aliphatic heterocycles. The monoisotopic (exact) mass is 276 g/mol. The maximum absolute atomic E-state index is 12.1. The number of hydrogen-bond acceptors (Lipinski definition) is 4. The van der Waals surface area contributed by atoms with E-state index in [1.165, 1.54) is 18.3 Å². The molecule has 0 unspecified atom stereocenters. The lowest BCUT2D eigenvalue weighted by molar-refractivity contribution is 0.580. The van der Waals surface area contributed by atoms with Crippen molar-refractivity contribution in [3.8, 4) is 6.07 Å². The first-order chi connectivity index (χ1) is 9.03. The normalized spacial score (nSPS) is 11.2. The highest BCUT2D eigenvalue weighted by Gasteiger charge is 2.18. The van der Waals surface area contributed by atoms with Crippen molar-refractivity contribution in [2.24, 2.45) is 7.05 Å². The molecule has 0 fully saturated rings. The van der Waals surface area contributed by atoms with Crippen LogP contribution in [0.15, 0.2) is 41.7 Å². The van der Waals surface area contributed by atoms with Crippen LogP contribution >= 0.6 is 0 Å². The van der Waals surface area contributed by atoms with Crippen LogP contribution in [0.4, 0.5) is 0 Å². The Hall–Kier alpha value is -2.17. The van der Waals surface area contributed by atoms with Gasteiger partial charge in [-0.25, -0.2) is 18.1 Å². The molecular formula is C12H12N4O2S. The average molecular weight is 276 g/mol. The van der Waals surface area contributed by atoms with E-state index in [0.717, 1.165) is 5.56 Å². The van der Waals surface area contributed by atoms with Crippen LogP contribution in [-0.2, 0) is 23.6 Å². The molecule has 0 aromatic carbocycles. The van der Waals surface area contributed by atoms with Crippen molar-refractivity contribution < 1.29 is 8.42 Å². The summed E-state index contributed by atoms with van der Waals surface area (Å²) in [4.78, 5) is 3.63. The van der Waals surface area contributed by atoms with Gasteiger partial charge < -0.3 is 4.57 Å². The van der Waals surface area contributed by atoms with Crippen molar-refractivity contribution in [3.63, 3.8) is 0 Å². The maximum atomic E-state index is 12.1. The quantitative estimate of drug-likeness (QED) is 0.893. The Morgan fingerprint density at radius 2 is 2.26 bits per heavy atom. The fraction of sp³-hybridized carbons (Fsp3) is 0.167. The van der Waals surface area contributed by atoms with Crippen molar-refractivity contribution in [2.45, 2.75) is 11.4 Å². The van der Waals surface area contributed by atoms with Crippen molar-refractivity contribution in [2.75, 3.05) is 0 Å². The van der Waals surface area contributed by atoms with Gasteiger partial charge in [0.1, 0.15) is 11.0 Å². The van der Waals surface area contributed by atoms with Crippen molar-refractivity contribution in [1.82, 2.24) is 14.3 Å². The summed E-state index contributed by atoms with van der Waals surface area (Å²) in [7, 11) is -1.88. The molecule has 2 rings (SSSR count). The van der Waals surface area contributed by atoms with Gasteiger partial charge in [-0.3, -0.25) is 0 Å². The molecule has 7 heteroatoms. The van der Waals surface area contributed by atoms with Crippen LogP contribution in [0.2, 0.25) is 0 Å². The minimum absolute atomic E-state index is 0.103. The van der Waals surface area contributed by atoms with Gasteiger partial charge in [0.15, 0.2) is 5.69 Å². The fourth-order valence-electron chi connectivity index (χ4n) is 1.61. The molecule has 0 saturated carbocycles. The van der Waals surface area contributed by atoms with Crippen LogP contribution in [0.3, 0.4) is 0 Å². The molecule has 2 aromatic heterocycles. The summed E-state index contributed by atoms with van der Waals surface area (Å²) >= 11 is 0. The molecule has 0 spiro atoms. The van der Waals surface area contributed by atoms with E-state index in [1.54, 1.807) is 6.07 Å². The zero-order valence-electron chi connectivity index (χ0n) is 10.2. The maximum Gasteiger partial charge on any atom is 0.243 e. The average Bonchev–Trinajstić information content (AvgIpc) is 2.82. The van der Waals surface area contributed by atoms with E-state index in [1.807, 2.05) is 30.1 Å². The van der Waals surface area contributed by atoms with Gasteiger partial charge in [0.2, 0.25) is 10.0 Å². The van der Waals surface area contributed by atoms with Crippen LogP contribution < -0.4 is 4.72 Å². The number of nitrogens with one attached hydrogen (secondary N) is 1. The van der Waals surface area contributed by atoms with E-state index in [9.17, 15) is 8.42 Å². The summed E-state index contributed by atoms with van der Waals surface area (Å²) in [6, 6.07) is 6.43. The predicted octanol–water partition coefficient (Wildman–Crippen LogP) is 0.770. The van der Waals surface area contributed by atoms with E-state index < -0.39 is 10.0 Å².